The molecule has 2 saturated heterocycles. The van der Waals surface area contributed by atoms with E-state index < -0.39 is 0 Å². The quantitative estimate of drug-likeness (QED) is 0.810. The van der Waals surface area contributed by atoms with E-state index in [1.807, 2.05) is 0 Å². The molecular weight excluding hydrogens is 322 g/mol. The molecule has 1 atom stereocenters. The Kier molecular flexibility index (Phi) is 6.55. The fourth-order valence-electron chi connectivity index (χ4n) is 5.80. The standard InChI is InChI=1S/C22H39N3O/c1-2-26-16-18-7-9-20(10-8-18)24-13-11-21(12-14-24)25-17-23-15-19-5-3-4-6-22(19)25/h6,18-21,23H,2-5,7-17H2,1H3/t18?,19-,20?/m1/s1. The molecule has 0 aromatic rings. The van der Waals surface area contributed by atoms with Gasteiger partial charge in [-0.05, 0) is 70.6 Å². The highest BCUT2D eigenvalue weighted by Gasteiger charge is 2.34. The monoisotopic (exact) mass is 361 g/mol. The molecular formula is C22H39N3O. The largest absolute Gasteiger partial charge is 0.381 e. The lowest BCUT2D eigenvalue weighted by molar-refractivity contribution is 0.0433. The van der Waals surface area contributed by atoms with Crippen molar-refractivity contribution in [2.45, 2.75) is 76.8 Å². The van der Waals surface area contributed by atoms with Crippen LogP contribution in [-0.4, -0.2) is 61.4 Å². The Labute approximate surface area is 160 Å². The predicted molar refractivity (Wildman–Crippen MR) is 107 cm³/mol. The first-order valence-electron chi connectivity index (χ1n) is 11.3. The number of piperidine rings is 1. The van der Waals surface area contributed by atoms with Crippen LogP contribution in [0.15, 0.2) is 11.8 Å². The average molecular weight is 362 g/mol. The summed E-state index contributed by atoms with van der Waals surface area (Å²) >= 11 is 0. The highest BCUT2D eigenvalue weighted by Crippen LogP contribution is 2.34. The van der Waals surface area contributed by atoms with E-state index in [4.69, 9.17) is 4.74 Å². The Morgan fingerprint density at radius 2 is 1.85 bits per heavy atom. The van der Waals surface area contributed by atoms with Crippen LogP contribution in [0.25, 0.3) is 0 Å². The Hall–Kier alpha value is -0.580. The summed E-state index contributed by atoms with van der Waals surface area (Å²) < 4.78 is 5.65. The zero-order valence-electron chi connectivity index (χ0n) is 16.8. The van der Waals surface area contributed by atoms with E-state index in [0.29, 0.717) is 0 Å². The van der Waals surface area contributed by atoms with Crippen LogP contribution in [0.4, 0.5) is 0 Å². The lowest BCUT2D eigenvalue weighted by Gasteiger charge is -2.48. The van der Waals surface area contributed by atoms with E-state index in [9.17, 15) is 0 Å². The third kappa shape index (κ3) is 4.28. The zero-order valence-corrected chi connectivity index (χ0v) is 16.8. The first-order valence-corrected chi connectivity index (χ1v) is 11.3. The molecule has 1 N–H and O–H groups in total. The second kappa shape index (κ2) is 9.07. The molecule has 26 heavy (non-hydrogen) atoms. The first-order chi connectivity index (χ1) is 12.8. The van der Waals surface area contributed by atoms with Gasteiger partial charge in [-0.1, -0.05) is 6.08 Å². The molecule has 0 radical (unpaired) electrons. The van der Waals surface area contributed by atoms with Gasteiger partial charge in [0, 0.05) is 56.5 Å². The zero-order chi connectivity index (χ0) is 17.8. The van der Waals surface area contributed by atoms with E-state index in [1.54, 1.807) is 5.70 Å². The van der Waals surface area contributed by atoms with E-state index in [2.05, 4.69) is 28.1 Å². The molecule has 0 aromatic carbocycles. The van der Waals surface area contributed by atoms with Gasteiger partial charge in [-0.2, -0.15) is 0 Å². The maximum atomic E-state index is 5.65. The molecule has 4 heteroatoms. The predicted octanol–water partition coefficient (Wildman–Crippen LogP) is 3.59. The van der Waals surface area contributed by atoms with Gasteiger partial charge in [0.2, 0.25) is 0 Å². The molecule has 4 rings (SSSR count). The number of allylic oxidation sites excluding steroid dienone is 1. The van der Waals surface area contributed by atoms with Gasteiger partial charge < -0.3 is 14.5 Å². The van der Waals surface area contributed by atoms with Gasteiger partial charge in [0.15, 0.2) is 0 Å². The molecule has 0 amide bonds. The summed E-state index contributed by atoms with van der Waals surface area (Å²) in [6.45, 7) is 8.86. The van der Waals surface area contributed by atoms with Gasteiger partial charge in [-0.25, -0.2) is 0 Å². The van der Waals surface area contributed by atoms with Gasteiger partial charge in [0.25, 0.3) is 0 Å². The third-order valence-corrected chi connectivity index (χ3v) is 7.36. The minimum absolute atomic E-state index is 0.764. The second-order valence-electron chi connectivity index (χ2n) is 8.94. The van der Waals surface area contributed by atoms with E-state index in [0.717, 1.165) is 43.8 Å². The molecule has 2 heterocycles. The van der Waals surface area contributed by atoms with Crippen molar-refractivity contribution < 1.29 is 4.74 Å². The fourth-order valence-corrected chi connectivity index (χ4v) is 5.80. The van der Waals surface area contributed by atoms with Gasteiger partial charge in [0.05, 0.1) is 6.67 Å². The van der Waals surface area contributed by atoms with Gasteiger partial charge in [0.1, 0.15) is 0 Å². The van der Waals surface area contributed by atoms with Crippen LogP contribution in [0.2, 0.25) is 0 Å². The molecule has 2 aliphatic carbocycles. The third-order valence-electron chi connectivity index (χ3n) is 7.36. The van der Waals surface area contributed by atoms with E-state index in [-0.39, 0.29) is 0 Å². The summed E-state index contributed by atoms with van der Waals surface area (Å²) in [5.41, 5.74) is 1.69. The average Bonchev–Trinajstić information content (AvgIpc) is 2.72. The van der Waals surface area contributed by atoms with Crippen LogP contribution in [0.3, 0.4) is 0 Å². The van der Waals surface area contributed by atoms with Crippen molar-refractivity contribution in [1.82, 2.24) is 15.1 Å². The first kappa shape index (κ1) is 18.8. The summed E-state index contributed by atoms with van der Waals surface area (Å²) in [7, 11) is 0. The van der Waals surface area contributed by atoms with Crippen LogP contribution in [0.5, 0.6) is 0 Å². The van der Waals surface area contributed by atoms with Crippen molar-refractivity contribution in [1.29, 1.82) is 0 Å². The van der Waals surface area contributed by atoms with Crippen molar-refractivity contribution in [3.8, 4) is 0 Å². The Balaban J connectivity index is 1.25. The van der Waals surface area contributed by atoms with Crippen molar-refractivity contribution >= 4 is 0 Å². The number of fused-ring (bicyclic) bond motifs is 1. The van der Waals surface area contributed by atoms with Gasteiger partial charge >= 0.3 is 0 Å². The number of hydrogen-bond acceptors (Lipinski definition) is 4. The molecule has 0 spiro atoms. The molecule has 2 aliphatic heterocycles. The van der Waals surface area contributed by atoms with Gasteiger partial charge in [-0.3, -0.25) is 5.32 Å². The number of rotatable bonds is 5. The van der Waals surface area contributed by atoms with Crippen LogP contribution >= 0.6 is 0 Å². The van der Waals surface area contributed by atoms with Crippen molar-refractivity contribution in [2.75, 3.05) is 39.5 Å². The maximum Gasteiger partial charge on any atom is 0.0682 e. The van der Waals surface area contributed by atoms with E-state index in [1.165, 1.54) is 77.4 Å². The SMILES string of the molecule is CCOCC1CCC(N2CCC(N3CNC[C@H]4CCCC=C43)CC2)CC1. The highest BCUT2D eigenvalue weighted by molar-refractivity contribution is 5.13. The van der Waals surface area contributed by atoms with Crippen LogP contribution in [0.1, 0.15) is 64.7 Å². The van der Waals surface area contributed by atoms with Crippen molar-refractivity contribution in [2.24, 2.45) is 11.8 Å². The van der Waals surface area contributed by atoms with Crippen molar-refractivity contribution in [3.05, 3.63) is 11.8 Å². The van der Waals surface area contributed by atoms with E-state index >= 15 is 0 Å². The molecule has 0 bridgehead atoms. The van der Waals surface area contributed by atoms with Crippen LogP contribution in [-0.2, 0) is 4.74 Å². The Morgan fingerprint density at radius 3 is 2.62 bits per heavy atom. The lowest BCUT2D eigenvalue weighted by Crippen LogP contribution is -2.54. The van der Waals surface area contributed by atoms with Crippen molar-refractivity contribution in [3.63, 3.8) is 0 Å². The number of ether oxygens (including phenoxy) is 1. The molecule has 0 aromatic heterocycles. The summed E-state index contributed by atoms with van der Waals surface area (Å²) in [6, 6.07) is 1.61. The summed E-state index contributed by atoms with van der Waals surface area (Å²) in [4.78, 5) is 5.56. The van der Waals surface area contributed by atoms with Gasteiger partial charge in [-0.15, -0.1) is 0 Å². The van der Waals surface area contributed by atoms with Crippen LogP contribution < -0.4 is 5.32 Å². The minimum atomic E-state index is 0.764. The number of likely N-dealkylation sites (tertiary alicyclic amines) is 1. The summed E-state index contributed by atoms with van der Waals surface area (Å²) in [6.07, 6.45) is 14.8. The highest BCUT2D eigenvalue weighted by atomic mass is 16.5. The fraction of sp³-hybridized carbons (Fsp3) is 0.909. The molecule has 3 fully saturated rings. The number of nitrogens with zero attached hydrogens (tertiary/aromatic N) is 2. The second-order valence-corrected chi connectivity index (χ2v) is 8.94. The molecule has 4 aliphatic rings. The maximum absolute atomic E-state index is 5.65. The molecule has 4 nitrogen and oxygen atoms in total. The molecule has 0 unspecified atom stereocenters. The summed E-state index contributed by atoms with van der Waals surface area (Å²) in [5.74, 6) is 1.61. The number of hydrogen-bond donors (Lipinski definition) is 1. The number of nitrogens with one attached hydrogen (secondary N) is 1. The Morgan fingerprint density at radius 1 is 1.04 bits per heavy atom. The Bertz CT molecular complexity index is 464. The molecule has 148 valence electrons. The lowest BCUT2D eigenvalue weighted by atomic mass is 9.84. The smallest absolute Gasteiger partial charge is 0.0682 e. The van der Waals surface area contributed by atoms with Crippen LogP contribution in [0, 0.1) is 11.8 Å². The molecule has 1 saturated carbocycles. The minimum Gasteiger partial charge on any atom is -0.381 e. The summed E-state index contributed by atoms with van der Waals surface area (Å²) in [5, 5.41) is 3.69. The normalized spacial score (nSPS) is 34.4. The topological polar surface area (TPSA) is 27.7 Å².